The molecule has 0 radical (unpaired) electrons. The minimum absolute atomic E-state index is 0.408. The van der Waals surface area contributed by atoms with Crippen LogP contribution in [0, 0.1) is 3.95 Å². The number of nitrogens with one attached hydrogen (secondary N) is 2. The predicted octanol–water partition coefficient (Wildman–Crippen LogP) is 3.68. The summed E-state index contributed by atoms with van der Waals surface area (Å²) in [5, 5.41) is 11.3. The summed E-state index contributed by atoms with van der Waals surface area (Å²) >= 11 is 8.53. The first-order chi connectivity index (χ1) is 7.74. The van der Waals surface area contributed by atoms with Crippen LogP contribution < -0.4 is 5.32 Å². The molecule has 1 aromatic heterocycles. The van der Waals surface area contributed by atoms with Crippen molar-refractivity contribution in [3.05, 3.63) is 3.95 Å². The zero-order chi connectivity index (χ0) is 11.4. The van der Waals surface area contributed by atoms with Crippen molar-refractivity contribution >= 4 is 40.4 Å². The van der Waals surface area contributed by atoms with Crippen LogP contribution in [0.3, 0.4) is 0 Å². The lowest BCUT2D eigenvalue weighted by Crippen LogP contribution is -2.35. The zero-order valence-corrected chi connectivity index (χ0v) is 11.9. The van der Waals surface area contributed by atoms with Crippen molar-refractivity contribution in [3.63, 3.8) is 0 Å². The van der Waals surface area contributed by atoms with Crippen LogP contribution in [0.25, 0.3) is 0 Å². The number of nitrogens with zero attached hydrogens (tertiary/aromatic N) is 1. The van der Waals surface area contributed by atoms with E-state index in [1.807, 2.05) is 11.8 Å². The molecule has 0 saturated heterocycles. The van der Waals surface area contributed by atoms with Crippen molar-refractivity contribution in [2.75, 3.05) is 18.1 Å². The Kier molecular flexibility index (Phi) is 4.27. The summed E-state index contributed by atoms with van der Waals surface area (Å²) in [5.41, 5.74) is 0. The zero-order valence-electron chi connectivity index (χ0n) is 9.41. The molecule has 1 aromatic rings. The van der Waals surface area contributed by atoms with Crippen molar-refractivity contribution in [1.82, 2.24) is 10.2 Å². The molecule has 0 aliphatic heterocycles. The van der Waals surface area contributed by atoms with Crippen molar-refractivity contribution in [1.29, 1.82) is 0 Å². The molecule has 2 rings (SSSR count). The smallest absolute Gasteiger partial charge is 0.204 e. The highest BCUT2D eigenvalue weighted by atomic mass is 32.2. The van der Waals surface area contributed by atoms with E-state index in [0.717, 1.165) is 15.6 Å². The summed E-state index contributed by atoms with van der Waals surface area (Å²) < 4.78 is 1.15. The maximum absolute atomic E-state index is 5.01. The number of anilines is 1. The molecule has 90 valence electrons. The fraction of sp³-hybridized carbons (Fsp3) is 0.800. The molecule has 2 N–H and O–H groups in total. The Morgan fingerprint density at radius 1 is 1.50 bits per heavy atom. The molecule has 1 saturated carbocycles. The number of H-pyrrole nitrogens is 1. The average Bonchev–Trinajstić information content (AvgIpc) is 2.74. The fourth-order valence-corrected chi connectivity index (χ4v) is 3.89. The molecule has 6 heteroatoms. The van der Waals surface area contributed by atoms with Crippen LogP contribution in [0.5, 0.6) is 0 Å². The maximum Gasteiger partial charge on any atom is 0.204 e. The molecule has 16 heavy (non-hydrogen) atoms. The minimum atomic E-state index is 0.408. The van der Waals surface area contributed by atoms with E-state index in [-0.39, 0.29) is 0 Å². The highest BCUT2D eigenvalue weighted by molar-refractivity contribution is 8.00. The normalized spacial score (nSPS) is 19.6. The van der Waals surface area contributed by atoms with Crippen LogP contribution in [0.2, 0.25) is 0 Å². The first-order valence-electron chi connectivity index (χ1n) is 5.59. The summed E-state index contributed by atoms with van der Waals surface area (Å²) in [4.78, 5) is 0. The molecule has 0 atom stereocenters. The van der Waals surface area contributed by atoms with E-state index in [4.69, 9.17) is 12.2 Å². The van der Waals surface area contributed by atoms with E-state index < -0.39 is 0 Å². The average molecular weight is 275 g/mol. The summed E-state index contributed by atoms with van der Waals surface area (Å²) in [7, 11) is 0. The number of rotatable bonds is 4. The molecule has 0 aromatic carbocycles. The summed E-state index contributed by atoms with van der Waals surface area (Å²) in [5.74, 6) is 0. The van der Waals surface area contributed by atoms with Gasteiger partial charge in [0.15, 0.2) is 3.95 Å². The van der Waals surface area contributed by atoms with E-state index in [2.05, 4.69) is 21.8 Å². The Labute approximate surface area is 109 Å². The molecule has 1 aliphatic rings. The van der Waals surface area contributed by atoms with Gasteiger partial charge < -0.3 is 5.32 Å². The van der Waals surface area contributed by atoms with Gasteiger partial charge in [-0.1, -0.05) is 30.6 Å². The minimum Gasteiger partial charge on any atom is -0.359 e. The van der Waals surface area contributed by atoms with Crippen LogP contribution in [0.1, 0.15) is 32.1 Å². The van der Waals surface area contributed by atoms with Gasteiger partial charge in [0, 0.05) is 11.3 Å². The first-order valence-corrected chi connectivity index (χ1v) is 8.04. The van der Waals surface area contributed by atoms with Gasteiger partial charge in [0.2, 0.25) is 5.13 Å². The SMILES string of the molecule is CSC1(CNc2n[nH]c(=S)s2)CCCCC1. The lowest BCUT2D eigenvalue weighted by molar-refractivity contribution is 0.411. The van der Waals surface area contributed by atoms with Crippen molar-refractivity contribution in [2.45, 2.75) is 36.9 Å². The van der Waals surface area contributed by atoms with Crippen LogP contribution in [-0.4, -0.2) is 27.7 Å². The topological polar surface area (TPSA) is 40.7 Å². The van der Waals surface area contributed by atoms with Crippen molar-refractivity contribution in [2.24, 2.45) is 0 Å². The number of thioether (sulfide) groups is 1. The van der Waals surface area contributed by atoms with E-state index in [9.17, 15) is 0 Å². The third-order valence-corrected chi connectivity index (χ3v) is 5.66. The van der Waals surface area contributed by atoms with Crippen LogP contribution in [0.15, 0.2) is 0 Å². The van der Waals surface area contributed by atoms with E-state index >= 15 is 0 Å². The second kappa shape index (κ2) is 5.51. The lowest BCUT2D eigenvalue weighted by atomic mass is 9.88. The van der Waals surface area contributed by atoms with Gasteiger partial charge in [-0.05, 0) is 31.3 Å². The lowest BCUT2D eigenvalue weighted by Gasteiger charge is -2.35. The second-order valence-electron chi connectivity index (χ2n) is 4.22. The van der Waals surface area contributed by atoms with Gasteiger partial charge in [-0.3, -0.25) is 5.10 Å². The molecular formula is C10H17N3S3. The maximum atomic E-state index is 5.01. The number of hydrogen-bond donors (Lipinski definition) is 2. The van der Waals surface area contributed by atoms with Crippen molar-refractivity contribution < 1.29 is 0 Å². The summed E-state index contributed by atoms with van der Waals surface area (Å²) in [6.07, 6.45) is 8.97. The van der Waals surface area contributed by atoms with E-state index in [0.29, 0.717) is 4.75 Å². The van der Waals surface area contributed by atoms with Crippen LogP contribution in [-0.2, 0) is 0 Å². The van der Waals surface area contributed by atoms with E-state index in [1.165, 1.54) is 43.4 Å². The van der Waals surface area contributed by atoms with Gasteiger partial charge in [-0.15, -0.1) is 5.10 Å². The van der Waals surface area contributed by atoms with Crippen molar-refractivity contribution in [3.8, 4) is 0 Å². The molecule has 3 nitrogen and oxygen atoms in total. The monoisotopic (exact) mass is 275 g/mol. The van der Waals surface area contributed by atoms with E-state index in [1.54, 1.807) is 0 Å². The second-order valence-corrected chi connectivity index (χ2v) is 7.16. The van der Waals surface area contributed by atoms with Crippen LogP contribution in [0.4, 0.5) is 5.13 Å². The Morgan fingerprint density at radius 2 is 2.25 bits per heavy atom. The summed E-state index contributed by atoms with van der Waals surface area (Å²) in [6, 6.07) is 0. The molecule has 1 fully saturated rings. The van der Waals surface area contributed by atoms with Gasteiger partial charge in [-0.2, -0.15) is 11.8 Å². The quantitative estimate of drug-likeness (QED) is 0.823. The highest BCUT2D eigenvalue weighted by Crippen LogP contribution is 2.38. The standard InChI is InChI=1S/C10H17N3S3/c1-15-10(5-3-2-4-6-10)7-11-8-12-13-9(14)16-8/h2-7H2,1H3,(H,11,12)(H,13,14). The number of aromatic amines is 1. The largest absolute Gasteiger partial charge is 0.359 e. The fourth-order valence-electron chi connectivity index (χ4n) is 2.19. The first kappa shape index (κ1) is 12.4. The molecular weight excluding hydrogens is 258 g/mol. The molecule has 0 spiro atoms. The Balaban J connectivity index is 1.94. The van der Waals surface area contributed by atoms with Gasteiger partial charge in [0.25, 0.3) is 0 Å². The molecule has 0 amide bonds. The predicted molar refractivity (Wildman–Crippen MR) is 75.1 cm³/mol. The van der Waals surface area contributed by atoms with Gasteiger partial charge in [0.1, 0.15) is 0 Å². The molecule has 0 bridgehead atoms. The van der Waals surface area contributed by atoms with Crippen LogP contribution >= 0.6 is 35.3 Å². The third-order valence-electron chi connectivity index (χ3n) is 3.20. The molecule has 1 heterocycles. The Bertz CT molecular complexity index is 379. The highest BCUT2D eigenvalue weighted by Gasteiger charge is 2.30. The summed E-state index contributed by atoms with van der Waals surface area (Å²) in [6.45, 7) is 1.00. The Hall–Kier alpha value is -0.0700. The number of hydrogen-bond acceptors (Lipinski definition) is 5. The number of aromatic nitrogens is 2. The molecule has 0 unspecified atom stereocenters. The Morgan fingerprint density at radius 3 is 2.81 bits per heavy atom. The van der Waals surface area contributed by atoms with Gasteiger partial charge in [-0.25, -0.2) is 0 Å². The van der Waals surface area contributed by atoms with Gasteiger partial charge in [0.05, 0.1) is 0 Å². The van der Waals surface area contributed by atoms with Gasteiger partial charge >= 0.3 is 0 Å². The molecule has 1 aliphatic carbocycles. The third kappa shape index (κ3) is 2.99.